The van der Waals surface area contributed by atoms with E-state index in [0.29, 0.717) is 13.2 Å². The van der Waals surface area contributed by atoms with Crippen LogP contribution < -0.4 is 9.47 Å². The van der Waals surface area contributed by atoms with Crippen LogP contribution in [0, 0.1) is 0 Å². The van der Waals surface area contributed by atoms with Crippen molar-refractivity contribution in [2.75, 3.05) is 13.4 Å². The number of hydrogen-bond acceptors (Lipinski definition) is 5. The average molecular weight is 326 g/mol. The van der Waals surface area contributed by atoms with Crippen LogP contribution in [-0.2, 0) is 17.9 Å². The topological polar surface area (TPSA) is 65.7 Å². The van der Waals surface area contributed by atoms with Crippen molar-refractivity contribution in [2.24, 2.45) is 0 Å². The number of rotatable bonds is 6. The van der Waals surface area contributed by atoms with E-state index in [1.54, 1.807) is 6.33 Å². The summed E-state index contributed by atoms with van der Waals surface area (Å²) in [4.78, 5) is 4.32. The van der Waals surface area contributed by atoms with Gasteiger partial charge >= 0.3 is 0 Å². The van der Waals surface area contributed by atoms with Crippen molar-refractivity contribution in [3.63, 3.8) is 0 Å². The Morgan fingerprint density at radius 3 is 3.00 bits per heavy atom. The predicted molar refractivity (Wildman–Crippen MR) is 88.0 cm³/mol. The van der Waals surface area contributed by atoms with Gasteiger partial charge in [-0.2, -0.15) is 0 Å². The Balaban J connectivity index is 1.31. The van der Waals surface area contributed by atoms with E-state index in [1.807, 2.05) is 47.0 Å². The van der Waals surface area contributed by atoms with Gasteiger partial charge < -0.3 is 23.9 Å². The minimum absolute atomic E-state index is 0.251. The molecule has 4 rings (SSSR count). The summed E-state index contributed by atoms with van der Waals surface area (Å²) in [6, 6.07) is 13.6. The van der Waals surface area contributed by atoms with Gasteiger partial charge in [0, 0.05) is 0 Å². The molecule has 0 saturated carbocycles. The zero-order valence-electron chi connectivity index (χ0n) is 13.1. The number of nitrogens with zero attached hydrogens (tertiary/aromatic N) is 2. The van der Waals surface area contributed by atoms with Crippen molar-refractivity contribution in [1.82, 2.24) is 9.55 Å². The quantitative estimate of drug-likeness (QED) is 0.753. The molecular formula is C18H18N2O4. The van der Waals surface area contributed by atoms with Crippen molar-refractivity contribution >= 4 is 11.0 Å². The maximum atomic E-state index is 10.2. The lowest BCUT2D eigenvalue weighted by Crippen LogP contribution is -2.21. The van der Waals surface area contributed by atoms with Crippen LogP contribution in [0.1, 0.15) is 5.56 Å². The first-order valence-corrected chi connectivity index (χ1v) is 7.84. The fourth-order valence-electron chi connectivity index (χ4n) is 2.78. The molecule has 0 bridgehead atoms. The highest BCUT2D eigenvalue weighted by molar-refractivity contribution is 5.74. The van der Waals surface area contributed by atoms with E-state index in [0.717, 1.165) is 28.1 Å². The molecule has 2 heterocycles. The lowest BCUT2D eigenvalue weighted by molar-refractivity contribution is 0.0208. The number of ether oxygens (including phenoxy) is 3. The highest BCUT2D eigenvalue weighted by atomic mass is 16.7. The van der Waals surface area contributed by atoms with E-state index in [9.17, 15) is 5.11 Å². The first-order chi connectivity index (χ1) is 11.8. The Morgan fingerprint density at radius 2 is 2.04 bits per heavy atom. The Labute approximate surface area is 139 Å². The maximum absolute atomic E-state index is 10.2. The highest BCUT2D eigenvalue weighted by Crippen LogP contribution is 2.32. The molecule has 3 aromatic rings. The molecule has 0 unspecified atom stereocenters. The summed E-state index contributed by atoms with van der Waals surface area (Å²) in [5, 5.41) is 10.2. The van der Waals surface area contributed by atoms with Crippen molar-refractivity contribution in [3.8, 4) is 11.5 Å². The molecule has 24 heavy (non-hydrogen) atoms. The molecule has 124 valence electrons. The lowest BCUT2D eigenvalue weighted by atomic mass is 10.2. The third-order valence-electron chi connectivity index (χ3n) is 3.95. The third-order valence-corrected chi connectivity index (χ3v) is 3.95. The van der Waals surface area contributed by atoms with Crippen LogP contribution in [0.15, 0.2) is 48.8 Å². The van der Waals surface area contributed by atoms with Gasteiger partial charge in [0.05, 0.1) is 43.2 Å². The number of benzene rings is 2. The Hall–Kier alpha value is -2.57. The van der Waals surface area contributed by atoms with E-state index >= 15 is 0 Å². The Kier molecular flexibility index (Phi) is 4.06. The number of aromatic nitrogens is 2. The second kappa shape index (κ2) is 6.51. The second-order valence-electron chi connectivity index (χ2n) is 5.74. The van der Waals surface area contributed by atoms with Crippen molar-refractivity contribution in [1.29, 1.82) is 0 Å². The van der Waals surface area contributed by atoms with Crippen LogP contribution in [0.3, 0.4) is 0 Å². The highest BCUT2D eigenvalue weighted by Gasteiger charge is 2.14. The molecule has 0 spiro atoms. The summed E-state index contributed by atoms with van der Waals surface area (Å²) in [6.45, 7) is 1.37. The van der Waals surface area contributed by atoms with Gasteiger partial charge in [-0.15, -0.1) is 0 Å². The number of aliphatic hydroxyl groups is 1. The molecule has 2 aromatic carbocycles. The van der Waals surface area contributed by atoms with Gasteiger partial charge in [0.25, 0.3) is 0 Å². The molecule has 1 N–H and O–H groups in total. The van der Waals surface area contributed by atoms with Gasteiger partial charge in [-0.05, 0) is 29.8 Å². The number of aliphatic hydroxyl groups excluding tert-OH is 1. The molecule has 0 aliphatic carbocycles. The minimum Gasteiger partial charge on any atom is -0.454 e. The number of hydrogen-bond donors (Lipinski definition) is 1. The first kappa shape index (κ1) is 15.0. The SMILES string of the molecule is O[C@H](COCc1ccc2c(c1)OCO2)Cn1cnc2ccccc21. The monoisotopic (exact) mass is 326 g/mol. The van der Waals surface area contributed by atoms with Crippen LogP contribution in [0.2, 0.25) is 0 Å². The molecule has 6 nitrogen and oxygen atoms in total. The lowest BCUT2D eigenvalue weighted by Gasteiger charge is -2.13. The van der Waals surface area contributed by atoms with E-state index in [-0.39, 0.29) is 13.4 Å². The molecule has 0 radical (unpaired) electrons. The molecular weight excluding hydrogens is 308 g/mol. The molecule has 0 amide bonds. The van der Waals surface area contributed by atoms with Crippen LogP contribution in [0.4, 0.5) is 0 Å². The van der Waals surface area contributed by atoms with E-state index in [2.05, 4.69) is 4.98 Å². The molecule has 1 aromatic heterocycles. The fraction of sp³-hybridized carbons (Fsp3) is 0.278. The van der Waals surface area contributed by atoms with Gasteiger partial charge in [0.2, 0.25) is 6.79 Å². The van der Waals surface area contributed by atoms with Crippen LogP contribution in [-0.4, -0.2) is 34.2 Å². The summed E-state index contributed by atoms with van der Waals surface area (Å²) in [7, 11) is 0. The van der Waals surface area contributed by atoms with Crippen molar-refractivity contribution in [3.05, 3.63) is 54.4 Å². The van der Waals surface area contributed by atoms with Gasteiger partial charge in [0.15, 0.2) is 11.5 Å². The van der Waals surface area contributed by atoms with Crippen LogP contribution in [0.5, 0.6) is 11.5 Å². The second-order valence-corrected chi connectivity index (χ2v) is 5.74. The Morgan fingerprint density at radius 1 is 1.17 bits per heavy atom. The summed E-state index contributed by atoms with van der Waals surface area (Å²) < 4.78 is 18.2. The largest absolute Gasteiger partial charge is 0.454 e. The van der Waals surface area contributed by atoms with Gasteiger partial charge in [0.1, 0.15) is 0 Å². The van der Waals surface area contributed by atoms with Crippen LogP contribution in [0.25, 0.3) is 11.0 Å². The molecule has 6 heteroatoms. The minimum atomic E-state index is -0.600. The predicted octanol–water partition coefficient (Wildman–Crippen LogP) is 2.34. The standard InChI is InChI=1S/C18H18N2O4/c21-14(8-20-11-19-15-3-1-2-4-16(15)20)10-22-9-13-5-6-17-18(7-13)24-12-23-17/h1-7,11,14,21H,8-10,12H2/t14-/m0/s1. The van der Waals surface area contributed by atoms with Crippen LogP contribution >= 0.6 is 0 Å². The molecule has 0 saturated heterocycles. The maximum Gasteiger partial charge on any atom is 0.231 e. The summed E-state index contributed by atoms with van der Waals surface area (Å²) >= 11 is 0. The fourth-order valence-corrected chi connectivity index (χ4v) is 2.78. The number of para-hydroxylation sites is 2. The van der Waals surface area contributed by atoms with Gasteiger partial charge in [-0.3, -0.25) is 0 Å². The van der Waals surface area contributed by atoms with E-state index < -0.39 is 6.10 Å². The summed E-state index contributed by atoms with van der Waals surface area (Å²) in [5.74, 6) is 1.49. The number of fused-ring (bicyclic) bond motifs is 2. The zero-order valence-corrected chi connectivity index (χ0v) is 13.1. The summed E-state index contributed by atoms with van der Waals surface area (Å²) in [5.41, 5.74) is 2.91. The summed E-state index contributed by atoms with van der Waals surface area (Å²) in [6.07, 6.45) is 1.14. The van der Waals surface area contributed by atoms with Crippen molar-refractivity contribution < 1.29 is 19.3 Å². The normalized spacial score (nSPS) is 14.2. The third kappa shape index (κ3) is 3.06. The first-order valence-electron chi connectivity index (χ1n) is 7.84. The molecule has 0 fully saturated rings. The number of imidazole rings is 1. The smallest absolute Gasteiger partial charge is 0.231 e. The van der Waals surface area contributed by atoms with E-state index in [4.69, 9.17) is 14.2 Å². The molecule has 1 atom stereocenters. The molecule has 1 aliphatic rings. The Bertz CT molecular complexity index is 846. The van der Waals surface area contributed by atoms with Crippen molar-refractivity contribution in [2.45, 2.75) is 19.3 Å². The zero-order chi connectivity index (χ0) is 16.4. The van der Waals surface area contributed by atoms with Gasteiger partial charge in [-0.1, -0.05) is 18.2 Å². The molecule has 1 aliphatic heterocycles. The average Bonchev–Trinajstić information content (AvgIpc) is 3.22. The van der Waals surface area contributed by atoms with Gasteiger partial charge in [-0.25, -0.2) is 4.98 Å². The van der Waals surface area contributed by atoms with E-state index in [1.165, 1.54) is 0 Å².